The third kappa shape index (κ3) is 5.72. The van der Waals surface area contributed by atoms with Crippen molar-refractivity contribution in [3.8, 4) is 0 Å². The Kier molecular flexibility index (Phi) is 8.37. The molecule has 2 amide bonds. The summed E-state index contributed by atoms with van der Waals surface area (Å²) in [6.45, 7) is 0.539. The van der Waals surface area contributed by atoms with Crippen molar-refractivity contribution in [2.75, 3.05) is 20.1 Å². The predicted molar refractivity (Wildman–Crippen MR) is 95.5 cm³/mol. The Balaban J connectivity index is 0.00000312. The fraction of sp³-hybridized carbons (Fsp3) is 0.471. The van der Waals surface area contributed by atoms with Crippen LogP contribution in [-0.4, -0.2) is 54.0 Å². The Labute approximate surface area is 153 Å². The normalized spacial score (nSPS) is 18.5. The minimum Gasteiger partial charge on any atom is -0.480 e. The first-order chi connectivity index (χ1) is 11.5. The van der Waals surface area contributed by atoms with Crippen LogP contribution in [0.3, 0.4) is 0 Å². The van der Waals surface area contributed by atoms with Crippen molar-refractivity contribution in [1.82, 2.24) is 15.5 Å². The molecule has 25 heavy (non-hydrogen) atoms. The SMILES string of the molecule is CNC(=O)C(NC(=O)CN1CCCCC1C(=O)O)c1ccccc1.Cl. The molecule has 2 unspecified atom stereocenters. The summed E-state index contributed by atoms with van der Waals surface area (Å²) in [6.07, 6.45) is 2.26. The molecular weight excluding hydrogens is 346 g/mol. The highest BCUT2D eigenvalue weighted by Gasteiger charge is 2.30. The van der Waals surface area contributed by atoms with E-state index in [2.05, 4.69) is 10.6 Å². The van der Waals surface area contributed by atoms with Gasteiger partial charge in [-0.2, -0.15) is 0 Å². The maximum atomic E-state index is 12.4. The first-order valence-electron chi connectivity index (χ1n) is 8.05. The van der Waals surface area contributed by atoms with E-state index in [0.29, 0.717) is 18.5 Å². The number of piperidine rings is 1. The van der Waals surface area contributed by atoms with E-state index in [0.717, 1.165) is 12.8 Å². The molecule has 1 aliphatic rings. The number of halogens is 1. The zero-order valence-electron chi connectivity index (χ0n) is 14.1. The molecular formula is C17H24ClN3O4. The van der Waals surface area contributed by atoms with Gasteiger partial charge in [0.15, 0.2) is 0 Å². The monoisotopic (exact) mass is 369 g/mol. The molecule has 0 radical (unpaired) electrons. The van der Waals surface area contributed by atoms with Crippen LogP contribution in [-0.2, 0) is 14.4 Å². The van der Waals surface area contributed by atoms with E-state index < -0.39 is 18.1 Å². The van der Waals surface area contributed by atoms with E-state index in [9.17, 15) is 19.5 Å². The van der Waals surface area contributed by atoms with Gasteiger partial charge in [-0.25, -0.2) is 0 Å². The second-order valence-electron chi connectivity index (χ2n) is 5.85. The highest BCUT2D eigenvalue weighted by molar-refractivity contribution is 5.89. The van der Waals surface area contributed by atoms with Crippen LogP contribution in [0.5, 0.6) is 0 Å². The fourth-order valence-corrected chi connectivity index (χ4v) is 2.94. The van der Waals surface area contributed by atoms with Crippen LogP contribution in [0.2, 0.25) is 0 Å². The fourth-order valence-electron chi connectivity index (χ4n) is 2.94. The lowest BCUT2D eigenvalue weighted by Crippen LogP contribution is -2.50. The maximum Gasteiger partial charge on any atom is 0.320 e. The molecule has 1 aromatic carbocycles. The number of likely N-dealkylation sites (tertiary alicyclic amines) is 1. The Morgan fingerprint density at radius 3 is 2.52 bits per heavy atom. The number of aliphatic carboxylic acids is 1. The van der Waals surface area contributed by atoms with Crippen LogP contribution in [0.15, 0.2) is 30.3 Å². The molecule has 1 aromatic rings. The number of carbonyl (C=O) groups is 3. The number of nitrogens with one attached hydrogen (secondary N) is 2. The van der Waals surface area contributed by atoms with Gasteiger partial charge in [0.05, 0.1) is 6.54 Å². The van der Waals surface area contributed by atoms with Gasteiger partial charge in [-0.1, -0.05) is 36.8 Å². The van der Waals surface area contributed by atoms with Gasteiger partial charge < -0.3 is 15.7 Å². The molecule has 0 aromatic heterocycles. The zero-order valence-corrected chi connectivity index (χ0v) is 14.9. The van der Waals surface area contributed by atoms with Gasteiger partial charge in [0, 0.05) is 7.05 Å². The number of hydrogen-bond donors (Lipinski definition) is 3. The summed E-state index contributed by atoms with van der Waals surface area (Å²) in [5.74, 6) is -1.59. The van der Waals surface area contributed by atoms with Crippen LogP contribution >= 0.6 is 12.4 Å². The molecule has 1 saturated heterocycles. The molecule has 0 bridgehead atoms. The first-order valence-corrected chi connectivity index (χ1v) is 8.05. The summed E-state index contributed by atoms with van der Waals surface area (Å²) in [6, 6.07) is 7.52. The quantitative estimate of drug-likeness (QED) is 0.693. The molecule has 2 atom stereocenters. The van der Waals surface area contributed by atoms with Crippen molar-refractivity contribution in [1.29, 1.82) is 0 Å². The number of hydrogen-bond acceptors (Lipinski definition) is 4. The van der Waals surface area contributed by atoms with Gasteiger partial charge in [0.1, 0.15) is 12.1 Å². The second-order valence-corrected chi connectivity index (χ2v) is 5.85. The number of amides is 2. The first kappa shape index (κ1) is 20.9. The zero-order chi connectivity index (χ0) is 17.5. The van der Waals surface area contributed by atoms with Gasteiger partial charge in [0.25, 0.3) is 0 Å². The molecule has 1 heterocycles. The maximum absolute atomic E-state index is 12.4. The molecule has 1 fully saturated rings. The highest BCUT2D eigenvalue weighted by Crippen LogP contribution is 2.17. The number of carboxylic acids is 1. The van der Waals surface area contributed by atoms with Crippen LogP contribution < -0.4 is 10.6 Å². The molecule has 3 N–H and O–H groups in total. The van der Waals surface area contributed by atoms with Gasteiger partial charge in [-0.15, -0.1) is 12.4 Å². The minimum absolute atomic E-state index is 0. The van der Waals surface area contributed by atoms with E-state index in [4.69, 9.17) is 0 Å². The summed E-state index contributed by atoms with van der Waals surface area (Å²) in [5, 5.41) is 14.5. The van der Waals surface area contributed by atoms with E-state index in [1.165, 1.54) is 7.05 Å². The number of carboxylic acid groups (broad SMARTS) is 1. The summed E-state index contributed by atoms with van der Waals surface area (Å²) >= 11 is 0. The standard InChI is InChI=1S/C17H23N3O4.ClH/c1-18-16(22)15(12-7-3-2-4-8-12)19-14(21)11-20-10-6-5-9-13(20)17(23)24;/h2-4,7-8,13,15H,5-6,9-11H2,1H3,(H,18,22)(H,19,21)(H,23,24);1H. The van der Waals surface area contributed by atoms with E-state index in [-0.39, 0.29) is 30.8 Å². The van der Waals surface area contributed by atoms with E-state index >= 15 is 0 Å². The van der Waals surface area contributed by atoms with Crippen LogP contribution in [0, 0.1) is 0 Å². The van der Waals surface area contributed by atoms with Crippen molar-refractivity contribution >= 4 is 30.2 Å². The highest BCUT2D eigenvalue weighted by atomic mass is 35.5. The molecule has 0 spiro atoms. The number of benzene rings is 1. The average molecular weight is 370 g/mol. The lowest BCUT2D eigenvalue weighted by molar-refractivity contribution is -0.145. The van der Waals surface area contributed by atoms with E-state index in [1.807, 2.05) is 6.07 Å². The summed E-state index contributed by atoms with van der Waals surface area (Å²) in [4.78, 5) is 37.4. The van der Waals surface area contributed by atoms with Gasteiger partial charge in [-0.3, -0.25) is 19.3 Å². The summed E-state index contributed by atoms with van der Waals surface area (Å²) in [5.41, 5.74) is 0.679. The molecule has 8 heteroatoms. The van der Waals surface area contributed by atoms with Gasteiger partial charge >= 0.3 is 5.97 Å². The molecule has 0 aliphatic carbocycles. The number of likely N-dealkylation sites (N-methyl/N-ethyl adjacent to an activating group) is 1. The van der Waals surface area contributed by atoms with Gasteiger partial charge in [0.2, 0.25) is 11.8 Å². The summed E-state index contributed by atoms with van der Waals surface area (Å²) in [7, 11) is 1.51. The molecule has 7 nitrogen and oxygen atoms in total. The van der Waals surface area contributed by atoms with Crippen molar-refractivity contribution in [3.05, 3.63) is 35.9 Å². The third-order valence-electron chi connectivity index (χ3n) is 4.19. The second kappa shape index (κ2) is 10.0. The molecule has 2 rings (SSSR count). The number of nitrogens with zero attached hydrogens (tertiary/aromatic N) is 1. The lowest BCUT2D eigenvalue weighted by atomic mass is 10.0. The van der Waals surface area contributed by atoms with E-state index in [1.54, 1.807) is 29.2 Å². The Morgan fingerprint density at radius 2 is 1.92 bits per heavy atom. The smallest absolute Gasteiger partial charge is 0.320 e. The Bertz CT molecular complexity index is 597. The van der Waals surface area contributed by atoms with Crippen LogP contribution in [0.25, 0.3) is 0 Å². The largest absolute Gasteiger partial charge is 0.480 e. The lowest BCUT2D eigenvalue weighted by Gasteiger charge is -2.32. The van der Waals surface area contributed by atoms with Crippen molar-refractivity contribution in [2.45, 2.75) is 31.3 Å². The van der Waals surface area contributed by atoms with Crippen molar-refractivity contribution in [3.63, 3.8) is 0 Å². The number of carbonyl (C=O) groups excluding carboxylic acids is 2. The van der Waals surface area contributed by atoms with Crippen LogP contribution in [0.1, 0.15) is 30.9 Å². The molecule has 0 saturated carbocycles. The van der Waals surface area contributed by atoms with Crippen LogP contribution in [0.4, 0.5) is 0 Å². The average Bonchev–Trinajstić information content (AvgIpc) is 2.60. The minimum atomic E-state index is -0.909. The predicted octanol–water partition coefficient (Wildman–Crippen LogP) is 0.951. The van der Waals surface area contributed by atoms with Crippen molar-refractivity contribution in [2.24, 2.45) is 0 Å². The number of rotatable bonds is 6. The topological polar surface area (TPSA) is 98.7 Å². The van der Waals surface area contributed by atoms with Gasteiger partial charge in [-0.05, 0) is 24.9 Å². The molecule has 1 aliphatic heterocycles. The Morgan fingerprint density at radius 1 is 1.24 bits per heavy atom. The Hall–Kier alpha value is -2.12. The molecule has 138 valence electrons. The third-order valence-corrected chi connectivity index (χ3v) is 4.19. The summed E-state index contributed by atoms with van der Waals surface area (Å²) < 4.78 is 0. The van der Waals surface area contributed by atoms with Crippen molar-refractivity contribution < 1.29 is 19.5 Å².